The highest BCUT2D eigenvalue weighted by Gasteiger charge is 2.38. The standard InChI is InChI=1S/C14H22N4O2/c1-14(11-8-16-17(2)9-11)10-18(6-7-20-14)13(19)12-4-3-5-15-12/h8-9,12,15H,3-7,10H2,1-2H3/t12-,14?/m0/s1. The van der Waals surface area contributed by atoms with Crippen molar-refractivity contribution >= 4 is 5.91 Å². The van der Waals surface area contributed by atoms with Gasteiger partial charge in [-0.2, -0.15) is 5.10 Å². The molecule has 0 radical (unpaired) electrons. The molecule has 0 saturated carbocycles. The van der Waals surface area contributed by atoms with Gasteiger partial charge in [0.15, 0.2) is 0 Å². The van der Waals surface area contributed by atoms with Crippen LogP contribution in [0.1, 0.15) is 25.3 Å². The lowest BCUT2D eigenvalue weighted by Crippen LogP contribution is -2.54. The lowest BCUT2D eigenvalue weighted by atomic mass is 9.96. The number of hydrogen-bond donors (Lipinski definition) is 1. The summed E-state index contributed by atoms with van der Waals surface area (Å²) in [5.74, 6) is 0.209. The van der Waals surface area contributed by atoms with Gasteiger partial charge in [0.2, 0.25) is 5.91 Å². The fraction of sp³-hybridized carbons (Fsp3) is 0.714. The van der Waals surface area contributed by atoms with E-state index in [1.54, 1.807) is 4.68 Å². The van der Waals surface area contributed by atoms with Crippen LogP contribution in [0.2, 0.25) is 0 Å². The molecule has 2 atom stereocenters. The molecule has 0 bridgehead atoms. The number of nitrogens with one attached hydrogen (secondary N) is 1. The van der Waals surface area contributed by atoms with Crippen LogP contribution in [0.3, 0.4) is 0 Å². The summed E-state index contributed by atoms with van der Waals surface area (Å²) in [6, 6.07) is -0.00810. The number of amides is 1. The Hall–Kier alpha value is -1.40. The van der Waals surface area contributed by atoms with E-state index >= 15 is 0 Å². The van der Waals surface area contributed by atoms with Crippen LogP contribution in [-0.2, 0) is 22.2 Å². The highest BCUT2D eigenvalue weighted by atomic mass is 16.5. The smallest absolute Gasteiger partial charge is 0.239 e. The summed E-state index contributed by atoms with van der Waals surface area (Å²) in [6.07, 6.45) is 5.81. The average Bonchev–Trinajstić information content (AvgIpc) is 3.09. The SMILES string of the molecule is Cn1cc(C2(C)CN(C(=O)[C@@H]3CCCN3)CCO2)cn1. The lowest BCUT2D eigenvalue weighted by molar-refractivity contribution is -0.151. The molecule has 1 N–H and O–H groups in total. The molecule has 3 rings (SSSR count). The van der Waals surface area contributed by atoms with E-state index < -0.39 is 5.60 Å². The number of carbonyl (C=O) groups excluding carboxylic acids is 1. The molecular formula is C14H22N4O2. The third-order valence-corrected chi connectivity index (χ3v) is 4.26. The van der Waals surface area contributed by atoms with E-state index in [0.29, 0.717) is 19.7 Å². The molecule has 110 valence electrons. The van der Waals surface area contributed by atoms with Crippen LogP contribution in [0, 0.1) is 0 Å². The van der Waals surface area contributed by atoms with Gasteiger partial charge >= 0.3 is 0 Å². The van der Waals surface area contributed by atoms with Crippen LogP contribution in [0.25, 0.3) is 0 Å². The van der Waals surface area contributed by atoms with E-state index in [9.17, 15) is 4.79 Å². The van der Waals surface area contributed by atoms with Crippen molar-refractivity contribution in [2.24, 2.45) is 7.05 Å². The average molecular weight is 278 g/mol. The zero-order valence-electron chi connectivity index (χ0n) is 12.1. The van der Waals surface area contributed by atoms with Crippen LogP contribution in [0.4, 0.5) is 0 Å². The molecule has 2 aliphatic heterocycles. The molecule has 3 heterocycles. The van der Waals surface area contributed by atoms with Crippen LogP contribution in [0.15, 0.2) is 12.4 Å². The molecule has 20 heavy (non-hydrogen) atoms. The maximum absolute atomic E-state index is 12.5. The van der Waals surface area contributed by atoms with E-state index in [-0.39, 0.29) is 11.9 Å². The summed E-state index contributed by atoms with van der Waals surface area (Å²) in [5.41, 5.74) is 0.567. The number of nitrogens with zero attached hydrogens (tertiary/aromatic N) is 3. The third kappa shape index (κ3) is 2.45. The maximum Gasteiger partial charge on any atom is 0.239 e. The molecule has 1 aromatic rings. The van der Waals surface area contributed by atoms with Crippen molar-refractivity contribution in [1.82, 2.24) is 20.0 Å². The molecule has 0 spiro atoms. The topological polar surface area (TPSA) is 59.4 Å². The molecule has 0 aromatic carbocycles. The van der Waals surface area contributed by atoms with Crippen molar-refractivity contribution in [3.8, 4) is 0 Å². The van der Waals surface area contributed by atoms with Gasteiger partial charge in [0.25, 0.3) is 0 Å². The monoisotopic (exact) mass is 278 g/mol. The molecule has 1 unspecified atom stereocenters. The summed E-state index contributed by atoms with van der Waals surface area (Å²) in [5, 5.41) is 7.48. The first-order valence-corrected chi connectivity index (χ1v) is 7.24. The minimum Gasteiger partial charge on any atom is -0.367 e. The van der Waals surface area contributed by atoms with Crippen molar-refractivity contribution in [2.45, 2.75) is 31.4 Å². The van der Waals surface area contributed by atoms with E-state index in [1.165, 1.54) is 0 Å². The Morgan fingerprint density at radius 1 is 1.60 bits per heavy atom. The summed E-state index contributed by atoms with van der Waals surface area (Å²) in [4.78, 5) is 14.4. The number of aryl methyl sites for hydroxylation is 1. The van der Waals surface area contributed by atoms with E-state index in [2.05, 4.69) is 10.4 Å². The molecular weight excluding hydrogens is 256 g/mol. The number of rotatable bonds is 2. The molecule has 2 saturated heterocycles. The van der Waals surface area contributed by atoms with Gasteiger partial charge in [0, 0.05) is 25.4 Å². The highest BCUT2D eigenvalue weighted by Crippen LogP contribution is 2.29. The molecule has 2 aliphatic rings. The quantitative estimate of drug-likeness (QED) is 0.842. The second kappa shape index (κ2) is 5.18. The van der Waals surface area contributed by atoms with Crippen molar-refractivity contribution in [3.63, 3.8) is 0 Å². The minimum absolute atomic E-state index is 0.00810. The van der Waals surface area contributed by atoms with Gasteiger partial charge < -0.3 is 15.0 Å². The molecule has 6 heteroatoms. The van der Waals surface area contributed by atoms with Crippen molar-refractivity contribution in [1.29, 1.82) is 0 Å². The van der Waals surface area contributed by atoms with Crippen molar-refractivity contribution < 1.29 is 9.53 Å². The molecule has 2 fully saturated rings. The van der Waals surface area contributed by atoms with E-state index in [4.69, 9.17) is 4.74 Å². The second-order valence-corrected chi connectivity index (χ2v) is 5.89. The Kier molecular flexibility index (Phi) is 3.52. The number of carbonyl (C=O) groups is 1. The van der Waals surface area contributed by atoms with Gasteiger partial charge in [-0.3, -0.25) is 9.48 Å². The summed E-state index contributed by atoms with van der Waals surface area (Å²) >= 11 is 0. The largest absolute Gasteiger partial charge is 0.367 e. The highest BCUT2D eigenvalue weighted by molar-refractivity contribution is 5.82. The Morgan fingerprint density at radius 3 is 3.10 bits per heavy atom. The Balaban J connectivity index is 1.74. The van der Waals surface area contributed by atoms with Crippen molar-refractivity contribution in [2.75, 3.05) is 26.2 Å². The van der Waals surface area contributed by atoms with Crippen molar-refractivity contribution in [3.05, 3.63) is 18.0 Å². The lowest BCUT2D eigenvalue weighted by Gasteiger charge is -2.40. The maximum atomic E-state index is 12.5. The Bertz CT molecular complexity index is 495. The predicted molar refractivity (Wildman–Crippen MR) is 74.1 cm³/mol. The number of morpholine rings is 1. The zero-order valence-corrected chi connectivity index (χ0v) is 12.1. The third-order valence-electron chi connectivity index (χ3n) is 4.26. The molecule has 0 aliphatic carbocycles. The van der Waals surface area contributed by atoms with Crippen LogP contribution >= 0.6 is 0 Å². The minimum atomic E-state index is -0.458. The number of hydrogen-bond acceptors (Lipinski definition) is 4. The van der Waals surface area contributed by atoms with E-state index in [1.807, 2.05) is 31.3 Å². The second-order valence-electron chi connectivity index (χ2n) is 5.89. The van der Waals surface area contributed by atoms with Gasteiger partial charge in [-0.05, 0) is 26.3 Å². The first-order chi connectivity index (χ1) is 9.58. The predicted octanol–water partition coefficient (Wildman–Crippen LogP) is 0.246. The summed E-state index contributed by atoms with van der Waals surface area (Å²) < 4.78 is 7.71. The Morgan fingerprint density at radius 2 is 2.45 bits per heavy atom. The molecule has 1 aromatic heterocycles. The fourth-order valence-electron chi connectivity index (χ4n) is 3.04. The fourth-order valence-corrected chi connectivity index (χ4v) is 3.04. The van der Waals surface area contributed by atoms with Gasteiger partial charge in [0.1, 0.15) is 5.60 Å². The molecule has 6 nitrogen and oxygen atoms in total. The van der Waals surface area contributed by atoms with Crippen LogP contribution in [-0.4, -0.2) is 52.9 Å². The normalized spacial score (nSPS) is 30.7. The van der Waals surface area contributed by atoms with Gasteiger partial charge in [-0.25, -0.2) is 0 Å². The van der Waals surface area contributed by atoms with Crippen LogP contribution in [0.5, 0.6) is 0 Å². The number of ether oxygens (including phenoxy) is 1. The molecule has 1 amide bonds. The van der Waals surface area contributed by atoms with Gasteiger partial charge in [-0.1, -0.05) is 0 Å². The Labute approximate surface area is 119 Å². The van der Waals surface area contributed by atoms with Gasteiger partial charge in [0.05, 0.1) is 25.4 Å². The zero-order chi connectivity index (χ0) is 14.2. The summed E-state index contributed by atoms with van der Waals surface area (Å²) in [6.45, 7) is 4.82. The van der Waals surface area contributed by atoms with Crippen LogP contribution < -0.4 is 5.32 Å². The van der Waals surface area contributed by atoms with E-state index in [0.717, 1.165) is 24.9 Å². The number of aromatic nitrogens is 2. The summed E-state index contributed by atoms with van der Waals surface area (Å²) in [7, 11) is 1.89. The first-order valence-electron chi connectivity index (χ1n) is 7.24. The first kappa shape index (κ1) is 13.6. The van der Waals surface area contributed by atoms with Gasteiger partial charge in [-0.15, -0.1) is 0 Å².